The number of rotatable bonds is 0. The van der Waals surface area contributed by atoms with Gasteiger partial charge in [-0.1, -0.05) is 47.6 Å². The van der Waals surface area contributed by atoms with E-state index < -0.39 is 0 Å². The summed E-state index contributed by atoms with van der Waals surface area (Å²) in [5.41, 5.74) is 2.76. The third-order valence-corrected chi connectivity index (χ3v) is 3.06. The number of nitrogens with zero attached hydrogens (tertiary/aromatic N) is 2. The second-order valence-corrected chi connectivity index (χ2v) is 6.79. The second kappa shape index (κ2) is 3.59. The standard InChI is InChI=1S/C15H22N2/c1-14(2,3)11-7-8-12-9-16-13(15(4,5)6)17(12)10-11/h7-10H,1-6H3. The number of pyridine rings is 1. The first-order chi connectivity index (χ1) is 7.69. The molecule has 0 unspecified atom stereocenters. The van der Waals surface area contributed by atoms with Gasteiger partial charge in [0.1, 0.15) is 5.82 Å². The van der Waals surface area contributed by atoms with Crippen LogP contribution in [0, 0.1) is 0 Å². The maximum Gasteiger partial charge on any atom is 0.118 e. The minimum Gasteiger partial charge on any atom is -0.303 e. The van der Waals surface area contributed by atoms with Gasteiger partial charge >= 0.3 is 0 Å². The van der Waals surface area contributed by atoms with Crippen LogP contribution in [0.15, 0.2) is 24.5 Å². The molecule has 0 bridgehead atoms. The highest BCUT2D eigenvalue weighted by atomic mass is 15.0. The van der Waals surface area contributed by atoms with Crippen LogP contribution < -0.4 is 0 Å². The fourth-order valence-corrected chi connectivity index (χ4v) is 1.99. The first kappa shape index (κ1) is 12.2. The van der Waals surface area contributed by atoms with E-state index in [1.165, 1.54) is 11.1 Å². The van der Waals surface area contributed by atoms with Gasteiger partial charge in [-0.2, -0.15) is 0 Å². The minimum atomic E-state index is 0.0723. The van der Waals surface area contributed by atoms with Crippen LogP contribution in [0.1, 0.15) is 52.9 Å². The average molecular weight is 230 g/mol. The Morgan fingerprint density at radius 2 is 1.59 bits per heavy atom. The zero-order valence-corrected chi connectivity index (χ0v) is 11.7. The third-order valence-electron chi connectivity index (χ3n) is 3.06. The Morgan fingerprint density at radius 1 is 0.941 bits per heavy atom. The van der Waals surface area contributed by atoms with E-state index in [0.29, 0.717) is 0 Å². The fraction of sp³-hybridized carbons (Fsp3) is 0.533. The van der Waals surface area contributed by atoms with Crippen molar-refractivity contribution in [2.75, 3.05) is 0 Å². The lowest BCUT2D eigenvalue weighted by Gasteiger charge is -2.21. The topological polar surface area (TPSA) is 17.3 Å². The van der Waals surface area contributed by atoms with Crippen LogP contribution in [-0.2, 0) is 10.8 Å². The maximum absolute atomic E-state index is 4.55. The highest BCUT2D eigenvalue weighted by Gasteiger charge is 2.21. The van der Waals surface area contributed by atoms with E-state index in [-0.39, 0.29) is 10.8 Å². The van der Waals surface area contributed by atoms with Crippen LogP contribution in [0.4, 0.5) is 0 Å². The summed E-state index contributed by atoms with van der Waals surface area (Å²) < 4.78 is 2.22. The molecule has 0 N–H and O–H groups in total. The minimum absolute atomic E-state index is 0.0723. The van der Waals surface area contributed by atoms with E-state index in [9.17, 15) is 0 Å². The molecule has 0 saturated carbocycles. The van der Waals surface area contributed by atoms with Gasteiger partial charge in [-0.05, 0) is 17.0 Å². The Labute approximate surface area is 104 Å². The highest BCUT2D eigenvalue weighted by Crippen LogP contribution is 2.26. The molecule has 2 rings (SSSR count). The monoisotopic (exact) mass is 230 g/mol. The summed E-state index contributed by atoms with van der Waals surface area (Å²) in [6.07, 6.45) is 4.18. The lowest BCUT2D eigenvalue weighted by atomic mass is 9.88. The molecule has 2 aromatic rings. The normalized spacial score (nSPS) is 13.3. The average Bonchev–Trinajstić information content (AvgIpc) is 2.57. The molecule has 0 spiro atoms. The molecule has 0 aliphatic rings. The van der Waals surface area contributed by atoms with Gasteiger partial charge in [0.2, 0.25) is 0 Å². The smallest absolute Gasteiger partial charge is 0.118 e. The van der Waals surface area contributed by atoms with Gasteiger partial charge in [-0.25, -0.2) is 4.98 Å². The molecule has 17 heavy (non-hydrogen) atoms. The predicted octanol–water partition coefficient (Wildman–Crippen LogP) is 3.93. The van der Waals surface area contributed by atoms with Crippen LogP contribution in [-0.4, -0.2) is 9.38 Å². The van der Waals surface area contributed by atoms with Gasteiger partial charge in [0.05, 0.1) is 11.7 Å². The Hall–Kier alpha value is -1.31. The van der Waals surface area contributed by atoms with Crippen molar-refractivity contribution in [1.82, 2.24) is 9.38 Å². The molecular weight excluding hydrogens is 208 g/mol. The van der Waals surface area contributed by atoms with E-state index in [4.69, 9.17) is 0 Å². The lowest BCUT2D eigenvalue weighted by molar-refractivity contribution is 0.538. The SMILES string of the molecule is CC(C)(C)c1ccc2cnc(C(C)(C)C)n2c1. The molecule has 2 heterocycles. The van der Waals surface area contributed by atoms with Crippen molar-refractivity contribution in [1.29, 1.82) is 0 Å². The molecule has 0 aliphatic heterocycles. The third kappa shape index (κ3) is 2.21. The van der Waals surface area contributed by atoms with Crippen molar-refractivity contribution in [3.63, 3.8) is 0 Å². The zero-order chi connectivity index (χ0) is 12.8. The van der Waals surface area contributed by atoms with Gasteiger partial charge in [0.25, 0.3) is 0 Å². The first-order valence-electron chi connectivity index (χ1n) is 6.18. The number of aromatic nitrogens is 2. The van der Waals surface area contributed by atoms with Crippen LogP contribution in [0.3, 0.4) is 0 Å². The largest absolute Gasteiger partial charge is 0.303 e. The number of hydrogen-bond acceptors (Lipinski definition) is 1. The van der Waals surface area contributed by atoms with Crippen molar-refractivity contribution in [2.24, 2.45) is 0 Å². The fourth-order valence-electron chi connectivity index (χ4n) is 1.99. The zero-order valence-electron chi connectivity index (χ0n) is 11.7. The Morgan fingerprint density at radius 3 is 2.12 bits per heavy atom. The summed E-state index contributed by atoms with van der Waals surface area (Å²) >= 11 is 0. The summed E-state index contributed by atoms with van der Waals surface area (Å²) in [4.78, 5) is 4.55. The quantitative estimate of drug-likeness (QED) is 0.670. The number of imidazole rings is 1. The van der Waals surface area contributed by atoms with Crippen LogP contribution in [0.2, 0.25) is 0 Å². The number of hydrogen-bond donors (Lipinski definition) is 0. The number of fused-ring (bicyclic) bond motifs is 1. The predicted molar refractivity (Wildman–Crippen MR) is 72.6 cm³/mol. The van der Waals surface area contributed by atoms with E-state index in [1.807, 2.05) is 6.20 Å². The van der Waals surface area contributed by atoms with E-state index >= 15 is 0 Å². The van der Waals surface area contributed by atoms with Crippen LogP contribution in [0.25, 0.3) is 5.52 Å². The van der Waals surface area contributed by atoms with Crippen LogP contribution in [0.5, 0.6) is 0 Å². The Kier molecular flexibility index (Phi) is 2.57. The highest BCUT2D eigenvalue weighted by molar-refractivity contribution is 5.48. The summed E-state index contributed by atoms with van der Waals surface area (Å²) in [6.45, 7) is 13.3. The van der Waals surface area contributed by atoms with Gasteiger partial charge < -0.3 is 4.40 Å². The van der Waals surface area contributed by atoms with Gasteiger partial charge in [-0.3, -0.25) is 0 Å². The van der Waals surface area contributed by atoms with Crippen molar-refractivity contribution in [3.8, 4) is 0 Å². The van der Waals surface area contributed by atoms with Crippen molar-refractivity contribution in [3.05, 3.63) is 35.9 Å². The van der Waals surface area contributed by atoms with Crippen molar-refractivity contribution in [2.45, 2.75) is 52.4 Å². The summed E-state index contributed by atoms with van der Waals surface area (Å²) in [5, 5.41) is 0. The summed E-state index contributed by atoms with van der Waals surface area (Å²) in [5.74, 6) is 1.12. The lowest BCUT2D eigenvalue weighted by Crippen LogP contribution is -2.17. The first-order valence-corrected chi connectivity index (χ1v) is 6.18. The van der Waals surface area contributed by atoms with Gasteiger partial charge in [0, 0.05) is 11.6 Å². The molecule has 0 aliphatic carbocycles. The van der Waals surface area contributed by atoms with Gasteiger partial charge in [-0.15, -0.1) is 0 Å². The molecular formula is C15H22N2. The summed E-state index contributed by atoms with van der Waals surface area (Å²) in [7, 11) is 0. The molecule has 92 valence electrons. The van der Waals surface area contributed by atoms with E-state index in [1.54, 1.807) is 0 Å². The van der Waals surface area contributed by atoms with Gasteiger partial charge in [0.15, 0.2) is 0 Å². The molecule has 2 aromatic heterocycles. The molecule has 0 radical (unpaired) electrons. The molecule has 2 heteroatoms. The van der Waals surface area contributed by atoms with Crippen molar-refractivity contribution < 1.29 is 0 Å². The Bertz CT molecular complexity index is 536. The maximum atomic E-state index is 4.55. The van der Waals surface area contributed by atoms with E-state index in [0.717, 1.165) is 5.82 Å². The molecule has 0 aromatic carbocycles. The molecule has 0 atom stereocenters. The van der Waals surface area contributed by atoms with E-state index in [2.05, 4.69) is 69.3 Å². The Balaban J connectivity index is 2.67. The summed E-state index contributed by atoms with van der Waals surface area (Å²) in [6, 6.07) is 4.35. The van der Waals surface area contributed by atoms with Crippen LogP contribution >= 0.6 is 0 Å². The van der Waals surface area contributed by atoms with Crippen molar-refractivity contribution >= 4 is 5.52 Å². The molecule has 2 nitrogen and oxygen atoms in total. The second-order valence-electron chi connectivity index (χ2n) is 6.79. The molecule has 0 saturated heterocycles. The molecule has 0 amide bonds. The molecule has 0 fully saturated rings.